The lowest BCUT2D eigenvalue weighted by Gasteiger charge is -2.12. The van der Waals surface area contributed by atoms with E-state index >= 15 is 0 Å². The lowest BCUT2D eigenvalue weighted by atomic mass is 10.2. The van der Waals surface area contributed by atoms with Crippen molar-refractivity contribution in [1.29, 1.82) is 0 Å². The second-order valence-corrected chi connectivity index (χ2v) is 7.03. The number of hydrogen-bond acceptors (Lipinski definition) is 4. The fourth-order valence-corrected chi connectivity index (χ4v) is 3.76. The van der Waals surface area contributed by atoms with Crippen LogP contribution >= 0.6 is 23.2 Å². The lowest BCUT2D eigenvalue weighted by molar-refractivity contribution is 0.0526. The maximum atomic E-state index is 13.7. The van der Waals surface area contributed by atoms with E-state index in [2.05, 4.69) is 4.72 Å². The number of carbonyl (C=O) groups excluding carboxylic acids is 1. The number of hydrogen-bond donors (Lipinski definition) is 1. The fraction of sp³-hybridized carbons (Fsp3) is 0.133. The largest absolute Gasteiger partial charge is 0.462 e. The molecule has 0 aliphatic heterocycles. The summed E-state index contributed by atoms with van der Waals surface area (Å²) in [6.45, 7) is 1.69. The predicted octanol–water partition coefficient (Wildman–Crippen LogP) is 4.11. The molecule has 0 aliphatic carbocycles. The molecule has 0 fully saturated rings. The molecule has 0 radical (unpaired) electrons. The van der Waals surface area contributed by atoms with E-state index in [1.54, 1.807) is 6.92 Å². The van der Waals surface area contributed by atoms with Crippen molar-refractivity contribution in [3.05, 3.63) is 57.8 Å². The highest BCUT2D eigenvalue weighted by Crippen LogP contribution is 2.30. The average molecular weight is 392 g/mol. The van der Waals surface area contributed by atoms with Crippen LogP contribution in [0.5, 0.6) is 0 Å². The van der Waals surface area contributed by atoms with E-state index in [9.17, 15) is 17.6 Å². The Hall–Kier alpha value is -1.83. The van der Waals surface area contributed by atoms with Gasteiger partial charge in [-0.1, -0.05) is 35.3 Å². The zero-order valence-electron chi connectivity index (χ0n) is 12.3. The van der Waals surface area contributed by atoms with Gasteiger partial charge in [0.1, 0.15) is 10.7 Å². The van der Waals surface area contributed by atoms with Gasteiger partial charge in [-0.25, -0.2) is 17.6 Å². The summed E-state index contributed by atoms with van der Waals surface area (Å²) in [4.78, 5) is 11.4. The van der Waals surface area contributed by atoms with Crippen LogP contribution in [0, 0.1) is 5.82 Å². The summed E-state index contributed by atoms with van der Waals surface area (Å²) in [5.74, 6) is -1.54. The summed E-state index contributed by atoms with van der Waals surface area (Å²) in [6, 6.07) is 7.35. The van der Waals surface area contributed by atoms with Crippen molar-refractivity contribution in [2.24, 2.45) is 0 Å². The second-order valence-electron chi connectivity index (χ2n) is 4.57. The summed E-state index contributed by atoms with van der Waals surface area (Å²) in [7, 11) is -4.24. The van der Waals surface area contributed by atoms with Gasteiger partial charge in [-0.2, -0.15) is 0 Å². The minimum atomic E-state index is -4.24. The zero-order chi connectivity index (χ0) is 17.9. The molecule has 1 N–H and O–H groups in total. The van der Waals surface area contributed by atoms with Crippen molar-refractivity contribution >= 4 is 44.9 Å². The van der Waals surface area contributed by atoms with Crippen LogP contribution in [-0.4, -0.2) is 21.0 Å². The number of rotatable bonds is 5. The van der Waals surface area contributed by atoms with E-state index in [1.165, 1.54) is 18.2 Å². The minimum absolute atomic E-state index is 0.0525. The Labute approximate surface area is 148 Å². The van der Waals surface area contributed by atoms with Gasteiger partial charge in [-0.15, -0.1) is 0 Å². The number of anilines is 1. The molecular formula is C15H12Cl2FNO4S. The Morgan fingerprint density at radius 3 is 2.50 bits per heavy atom. The SMILES string of the molecule is CCOC(=O)c1cc(S(=O)(=O)Nc2ccccc2F)c(Cl)cc1Cl. The normalized spacial score (nSPS) is 11.2. The monoisotopic (exact) mass is 391 g/mol. The topological polar surface area (TPSA) is 72.5 Å². The minimum Gasteiger partial charge on any atom is -0.462 e. The Morgan fingerprint density at radius 2 is 1.88 bits per heavy atom. The highest BCUT2D eigenvalue weighted by atomic mass is 35.5. The van der Waals surface area contributed by atoms with Crippen LogP contribution in [0.2, 0.25) is 10.0 Å². The van der Waals surface area contributed by atoms with Crippen LogP contribution in [0.15, 0.2) is 41.3 Å². The molecule has 0 saturated heterocycles. The first kappa shape index (κ1) is 18.5. The predicted molar refractivity (Wildman–Crippen MR) is 89.6 cm³/mol. The Balaban J connectivity index is 2.48. The van der Waals surface area contributed by atoms with E-state index in [0.717, 1.165) is 18.2 Å². The molecule has 0 heterocycles. The van der Waals surface area contributed by atoms with E-state index in [4.69, 9.17) is 27.9 Å². The number of benzene rings is 2. The van der Waals surface area contributed by atoms with Gasteiger partial charge >= 0.3 is 5.97 Å². The number of halogens is 3. The van der Waals surface area contributed by atoms with Crippen molar-refractivity contribution in [2.45, 2.75) is 11.8 Å². The van der Waals surface area contributed by atoms with Crippen molar-refractivity contribution in [3.8, 4) is 0 Å². The summed E-state index contributed by atoms with van der Waals surface area (Å²) >= 11 is 11.8. The average Bonchev–Trinajstić information content (AvgIpc) is 2.49. The summed E-state index contributed by atoms with van der Waals surface area (Å²) in [5.41, 5.74) is -0.405. The number of esters is 1. The molecule has 0 saturated carbocycles. The molecule has 0 unspecified atom stereocenters. The molecule has 0 bridgehead atoms. The number of carbonyl (C=O) groups is 1. The summed E-state index contributed by atoms with van der Waals surface area (Å²) in [5, 5.41) is -0.264. The van der Waals surface area contributed by atoms with Gasteiger partial charge in [-0.05, 0) is 31.2 Å². The molecule has 2 aromatic rings. The highest BCUT2D eigenvalue weighted by Gasteiger charge is 2.24. The first-order valence-corrected chi connectivity index (χ1v) is 8.93. The van der Waals surface area contributed by atoms with Crippen LogP contribution < -0.4 is 4.72 Å². The molecule has 128 valence electrons. The van der Waals surface area contributed by atoms with Gasteiger partial charge in [0, 0.05) is 0 Å². The van der Waals surface area contributed by atoms with E-state index in [1.807, 2.05) is 0 Å². The highest BCUT2D eigenvalue weighted by molar-refractivity contribution is 7.92. The Morgan fingerprint density at radius 1 is 1.21 bits per heavy atom. The molecule has 0 spiro atoms. The van der Waals surface area contributed by atoms with Gasteiger partial charge in [0.25, 0.3) is 10.0 Å². The van der Waals surface area contributed by atoms with E-state index < -0.39 is 26.7 Å². The molecule has 2 rings (SSSR count). The third-order valence-corrected chi connectivity index (χ3v) is 5.07. The van der Waals surface area contributed by atoms with Crippen LogP contribution in [0.4, 0.5) is 10.1 Å². The van der Waals surface area contributed by atoms with Gasteiger partial charge in [0.15, 0.2) is 0 Å². The summed E-state index contributed by atoms with van der Waals surface area (Å²) < 4.78 is 45.5. The van der Waals surface area contributed by atoms with Gasteiger partial charge < -0.3 is 4.74 Å². The quantitative estimate of drug-likeness (QED) is 0.778. The molecule has 0 aliphatic rings. The maximum Gasteiger partial charge on any atom is 0.339 e. The molecule has 9 heteroatoms. The molecule has 0 atom stereocenters. The molecule has 24 heavy (non-hydrogen) atoms. The number of para-hydroxylation sites is 1. The van der Waals surface area contributed by atoms with Crippen molar-refractivity contribution in [3.63, 3.8) is 0 Å². The number of sulfonamides is 1. The van der Waals surface area contributed by atoms with Crippen molar-refractivity contribution < 1.29 is 22.3 Å². The van der Waals surface area contributed by atoms with Gasteiger partial charge in [0.2, 0.25) is 0 Å². The first-order chi connectivity index (χ1) is 11.3. The number of nitrogens with one attached hydrogen (secondary N) is 1. The van der Waals surface area contributed by atoms with Gasteiger partial charge in [-0.3, -0.25) is 4.72 Å². The molecule has 0 aromatic heterocycles. The molecule has 0 amide bonds. The third kappa shape index (κ3) is 3.98. The Kier molecular flexibility index (Phi) is 5.69. The molecule has 5 nitrogen and oxygen atoms in total. The van der Waals surface area contributed by atoms with Crippen molar-refractivity contribution in [1.82, 2.24) is 0 Å². The van der Waals surface area contributed by atoms with E-state index in [-0.39, 0.29) is 27.9 Å². The summed E-state index contributed by atoms with van der Waals surface area (Å²) in [6.07, 6.45) is 0. The zero-order valence-corrected chi connectivity index (χ0v) is 14.7. The standard InChI is InChI=1S/C15H12Cl2FNO4S/c1-2-23-15(20)9-7-14(11(17)8-10(9)16)24(21,22)19-13-6-4-3-5-12(13)18/h3-8,19H,2H2,1H3. The van der Waals surface area contributed by atoms with Crippen LogP contribution in [0.1, 0.15) is 17.3 Å². The van der Waals surface area contributed by atoms with Gasteiger partial charge in [0.05, 0.1) is 27.9 Å². The van der Waals surface area contributed by atoms with Crippen LogP contribution in [-0.2, 0) is 14.8 Å². The number of ether oxygens (including phenoxy) is 1. The lowest BCUT2D eigenvalue weighted by Crippen LogP contribution is -2.16. The first-order valence-electron chi connectivity index (χ1n) is 6.69. The molecule has 2 aromatic carbocycles. The second kappa shape index (κ2) is 7.38. The Bertz CT molecular complexity index is 887. The van der Waals surface area contributed by atoms with Crippen LogP contribution in [0.25, 0.3) is 0 Å². The smallest absolute Gasteiger partial charge is 0.339 e. The van der Waals surface area contributed by atoms with Crippen LogP contribution in [0.3, 0.4) is 0 Å². The third-order valence-electron chi connectivity index (χ3n) is 2.92. The van der Waals surface area contributed by atoms with Crippen molar-refractivity contribution in [2.75, 3.05) is 11.3 Å². The fourth-order valence-electron chi connectivity index (χ4n) is 1.84. The molecular weight excluding hydrogens is 380 g/mol. The maximum absolute atomic E-state index is 13.7. The van der Waals surface area contributed by atoms with E-state index in [0.29, 0.717) is 0 Å².